The second kappa shape index (κ2) is 8.49. The number of carbonyl (C=O) groups is 2. The Hall–Kier alpha value is -2.35. The molecule has 0 radical (unpaired) electrons. The van der Waals surface area contributed by atoms with Gasteiger partial charge in [-0.1, -0.05) is 0 Å². The number of hydrogen-bond acceptors (Lipinski definition) is 5. The molecule has 0 saturated carbocycles. The number of nitrogens with zero attached hydrogens (tertiary/aromatic N) is 3. The Bertz CT molecular complexity index is 554. The first-order chi connectivity index (χ1) is 11.5. The standard InChI is InChI=1S/C16H24N4O4/c1-19(2)16(22)18-12-4-5-14(17-10-12)24-13-6-8-20(9-7-13)15(21)11-23-3/h4-5,10,13H,6-9,11H2,1-3H3,(H,18,22). The van der Waals surface area contributed by atoms with E-state index in [-0.39, 0.29) is 24.6 Å². The summed E-state index contributed by atoms with van der Waals surface area (Å²) in [6, 6.07) is 3.27. The molecule has 0 spiro atoms. The van der Waals surface area contributed by atoms with Gasteiger partial charge in [0.25, 0.3) is 0 Å². The van der Waals surface area contributed by atoms with Crippen LogP contribution in [0, 0.1) is 0 Å². The van der Waals surface area contributed by atoms with Gasteiger partial charge in [0.15, 0.2) is 0 Å². The summed E-state index contributed by atoms with van der Waals surface area (Å²) in [6.07, 6.45) is 3.12. The Morgan fingerprint density at radius 1 is 1.33 bits per heavy atom. The van der Waals surface area contributed by atoms with Crippen LogP contribution in [-0.2, 0) is 9.53 Å². The van der Waals surface area contributed by atoms with Gasteiger partial charge in [-0.25, -0.2) is 9.78 Å². The molecule has 0 aliphatic carbocycles. The van der Waals surface area contributed by atoms with E-state index in [0.717, 1.165) is 12.8 Å². The monoisotopic (exact) mass is 336 g/mol. The minimum Gasteiger partial charge on any atom is -0.474 e. The molecular formula is C16H24N4O4. The minimum absolute atomic E-state index is 0.00932. The van der Waals surface area contributed by atoms with Crippen LogP contribution in [0.2, 0.25) is 0 Å². The lowest BCUT2D eigenvalue weighted by Crippen LogP contribution is -2.43. The molecule has 1 saturated heterocycles. The maximum Gasteiger partial charge on any atom is 0.321 e. The van der Waals surface area contributed by atoms with Gasteiger partial charge in [0.2, 0.25) is 11.8 Å². The molecule has 132 valence electrons. The highest BCUT2D eigenvalue weighted by molar-refractivity contribution is 5.88. The number of carbonyl (C=O) groups excluding carboxylic acids is 2. The van der Waals surface area contributed by atoms with Crippen LogP contribution in [0.25, 0.3) is 0 Å². The molecule has 3 amide bonds. The van der Waals surface area contributed by atoms with Crippen LogP contribution in [0.15, 0.2) is 18.3 Å². The van der Waals surface area contributed by atoms with E-state index in [0.29, 0.717) is 24.7 Å². The van der Waals surface area contributed by atoms with Crippen molar-refractivity contribution < 1.29 is 19.1 Å². The zero-order chi connectivity index (χ0) is 17.5. The molecule has 0 unspecified atom stereocenters. The van der Waals surface area contributed by atoms with Gasteiger partial charge in [-0.15, -0.1) is 0 Å². The maximum absolute atomic E-state index is 11.7. The predicted molar refractivity (Wildman–Crippen MR) is 89.0 cm³/mol. The topological polar surface area (TPSA) is 84.0 Å². The first kappa shape index (κ1) is 18.0. The van der Waals surface area contributed by atoms with Crippen molar-refractivity contribution in [1.29, 1.82) is 0 Å². The van der Waals surface area contributed by atoms with Gasteiger partial charge in [0.05, 0.1) is 11.9 Å². The molecule has 1 aliphatic rings. The quantitative estimate of drug-likeness (QED) is 0.873. The third-order valence-corrected chi connectivity index (χ3v) is 3.74. The van der Waals surface area contributed by atoms with Crippen LogP contribution in [0.4, 0.5) is 10.5 Å². The third kappa shape index (κ3) is 5.09. The zero-order valence-corrected chi connectivity index (χ0v) is 14.3. The number of methoxy groups -OCH3 is 1. The Balaban J connectivity index is 1.80. The number of likely N-dealkylation sites (tertiary alicyclic amines) is 1. The number of amides is 3. The summed E-state index contributed by atoms with van der Waals surface area (Å²) in [4.78, 5) is 30.8. The van der Waals surface area contributed by atoms with Crippen LogP contribution in [0.3, 0.4) is 0 Å². The Morgan fingerprint density at radius 2 is 2.04 bits per heavy atom. The lowest BCUT2D eigenvalue weighted by atomic mass is 10.1. The van der Waals surface area contributed by atoms with Crippen LogP contribution < -0.4 is 10.1 Å². The third-order valence-electron chi connectivity index (χ3n) is 3.74. The van der Waals surface area contributed by atoms with Gasteiger partial charge in [-0.05, 0) is 6.07 Å². The Labute approximate surface area is 141 Å². The second-order valence-corrected chi connectivity index (χ2v) is 5.84. The van der Waals surface area contributed by atoms with E-state index in [2.05, 4.69) is 10.3 Å². The van der Waals surface area contributed by atoms with Gasteiger partial charge in [0, 0.05) is 53.2 Å². The first-order valence-corrected chi connectivity index (χ1v) is 7.87. The number of aromatic nitrogens is 1. The average molecular weight is 336 g/mol. The number of ether oxygens (including phenoxy) is 2. The summed E-state index contributed by atoms with van der Waals surface area (Å²) in [6.45, 7) is 1.43. The van der Waals surface area contributed by atoms with Crippen LogP contribution in [0.1, 0.15) is 12.8 Å². The van der Waals surface area contributed by atoms with E-state index in [4.69, 9.17) is 9.47 Å². The molecule has 1 fully saturated rings. The molecular weight excluding hydrogens is 312 g/mol. The summed E-state index contributed by atoms with van der Waals surface area (Å²) in [5.74, 6) is 0.523. The number of anilines is 1. The molecule has 0 aromatic carbocycles. The van der Waals surface area contributed by atoms with Crippen LogP contribution in [-0.4, -0.2) is 73.7 Å². The molecule has 0 atom stereocenters. The second-order valence-electron chi connectivity index (χ2n) is 5.84. The highest BCUT2D eigenvalue weighted by Crippen LogP contribution is 2.19. The SMILES string of the molecule is COCC(=O)N1CCC(Oc2ccc(NC(=O)N(C)C)cn2)CC1. The summed E-state index contributed by atoms with van der Waals surface area (Å²) in [5.41, 5.74) is 0.612. The van der Waals surface area contributed by atoms with Crippen molar-refractivity contribution in [2.75, 3.05) is 46.2 Å². The normalized spacial score (nSPS) is 15.0. The smallest absolute Gasteiger partial charge is 0.321 e. The molecule has 24 heavy (non-hydrogen) atoms. The van der Waals surface area contributed by atoms with Crippen molar-refractivity contribution in [2.45, 2.75) is 18.9 Å². The molecule has 8 nitrogen and oxygen atoms in total. The molecule has 2 heterocycles. The number of nitrogens with one attached hydrogen (secondary N) is 1. The fraction of sp³-hybridized carbons (Fsp3) is 0.562. The molecule has 0 bridgehead atoms. The number of pyridine rings is 1. The largest absolute Gasteiger partial charge is 0.474 e. The Morgan fingerprint density at radius 3 is 2.58 bits per heavy atom. The van der Waals surface area contributed by atoms with Gasteiger partial charge in [-0.3, -0.25) is 4.79 Å². The first-order valence-electron chi connectivity index (χ1n) is 7.87. The maximum atomic E-state index is 11.7. The van der Waals surface area contributed by atoms with Gasteiger partial charge in [-0.2, -0.15) is 0 Å². The number of hydrogen-bond donors (Lipinski definition) is 1. The summed E-state index contributed by atoms with van der Waals surface area (Å²) in [7, 11) is 4.86. The molecule has 1 aromatic rings. The summed E-state index contributed by atoms with van der Waals surface area (Å²) < 4.78 is 10.7. The zero-order valence-electron chi connectivity index (χ0n) is 14.3. The van der Waals surface area contributed by atoms with E-state index in [1.807, 2.05) is 0 Å². The molecule has 1 aromatic heterocycles. The van der Waals surface area contributed by atoms with Crippen molar-refractivity contribution in [3.05, 3.63) is 18.3 Å². The van der Waals surface area contributed by atoms with Gasteiger partial charge >= 0.3 is 6.03 Å². The van der Waals surface area contributed by atoms with Crippen molar-refractivity contribution >= 4 is 17.6 Å². The Kier molecular flexibility index (Phi) is 6.36. The van der Waals surface area contributed by atoms with E-state index in [9.17, 15) is 9.59 Å². The van der Waals surface area contributed by atoms with Crippen molar-refractivity contribution in [3.8, 4) is 5.88 Å². The van der Waals surface area contributed by atoms with E-state index < -0.39 is 0 Å². The fourth-order valence-electron chi connectivity index (χ4n) is 2.37. The molecule has 2 rings (SSSR count). The summed E-state index contributed by atoms with van der Waals surface area (Å²) >= 11 is 0. The number of piperidine rings is 1. The molecule has 8 heteroatoms. The minimum atomic E-state index is -0.210. The lowest BCUT2D eigenvalue weighted by molar-refractivity contribution is -0.136. The highest BCUT2D eigenvalue weighted by Gasteiger charge is 2.23. The van der Waals surface area contributed by atoms with E-state index in [1.54, 1.807) is 37.3 Å². The number of urea groups is 1. The van der Waals surface area contributed by atoms with Crippen molar-refractivity contribution in [1.82, 2.24) is 14.8 Å². The lowest BCUT2D eigenvalue weighted by Gasteiger charge is -2.31. The average Bonchev–Trinajstić information content (AvgIpc) is 2.57. The van der Waals surface area contributed by atoms with Gasteiger partial charge in [0.1, 0.15) is 12.7 Å². The summed E-state index contributed by atoms with van der Waals surface area (Å²) in [5, 5.41) is 2.72. The van der Waals surface area contributed by atoms with E-state index in [1.165, 1.54) is 12.0 Å². The van der Waals surface area contributed by atoms with Crippen molar-refractivity contribution in [2.24, 2.45) is 0 Å². The van der Waals surface area contributed by atoms with Gasteiger partial charge < -0.3 is 24.6 Å². The predicted octanol–water partition coefficient (Wildman–Crippen LogP) is 1.19. The van der Waals surface area contributed by atoms with Crippen molar-refractivity contribution in [3.63, 3.8) is 0 Å². The van der Waals surface area contributed by atoms with E-state index >= 15 is 0 Å². The number of rotatable bonds is 5. The fourth-order valence-corrected chi connectivity index (χ4v) is 2.37. The van der Waals surface area contributed by atoms with Crippen LogP contribution >= 0.6 is 0 Å². The molecule has 1 N–H and O–H groups in total. The molecule has 1 aliphatic heterocycles. The van der Waals surface area contributed by atoms with Crippen LogP contribution in [0.5, 0.6) is 5.88 Å². The highest BCUT2D eigenvalue weighted by atomic mass is 16.5.